The summed E-state index contributed by atoms with van der Waals surface area (Å²) in [6.07, 6.45) is 0.946. The van der Waals surface area contributed by atoms with Crippen LogP contribution < -0.4 is 4.74 Å². The molecule has 1 heterocycles. The van der Waals surface area contributed by atoms with E-state index in [9.17, 15) is 13.2 Å². The van der Waals surface area contributed by atoms with Crippen molar-refractivity contribution < 1.29 is 17.9 Å². The van der Waals surface area contributed by atoms with Gasteiger partial charge < -0.3 is 9.64 Å². The van der Waals surface area contributed by atoms with E-state index in [1.165, 1.54) is 22.0 Å². The number of carbonyl (C=O) groups is 1. The van der Waals surface area contributed by atoms with Crippen molar-refractivity contribution in [2.24, 2.45) is 0 Å². The van der Waals surface area contributed by atoms with Gasteiger partial charge in [0.15, 0.2) is 6.61 Å². The Morgan fingerprint density at radius 3 is 2.36 bits per heavy atom. The number of ether oxygens (including phenoxy) is 1. The number of halogens is 1. The normalized spacial score (nSPS) is 15.4. The summed E-state index contributed by atoms with van der Waals surface area (Å²) in [4.78, 5) is 14.2. The van der Waals surface area contributed by atoms with E-state index in [2.05, 4.69) is 6.92 Å². The van der Waals surface area contributed by atoms with Gasteiger partial charge in [-0.05, 0) is 42.3 Å². The first kappa shape index (κ1) is 20.6. The average Bonchev–Trinajstić information content (AvgIpc) is 2.72. The Bertz CT molecular complexity index is 923. The minimum absolute atomic E-state index is 0.0630. The van der Waals surface area contributed by atoms with Crippen LogP contribution in [0.25, 0.3) is 0 Å². The number of amides is 1. The molecule has 1 amide bonds. The first-order chi connectivity index (χ1) is 13.4. The maximum absolute atomic E-state index is 12.7. The van der Waals surface area contributed by atoms with E-state index in [0.717, 1.165) is 6.42 Å². The van der Waals surface area contributed by atoms with Crippen LogP contribution in [0.5, 0.6) is 5.75 Å². The molecule has 1 saturated heterocycles. The molecule has 0 aliphatic carbocycles. The fourth-order valence-electron chi connectivity index (χ4n) is 3.01. The lowest BCUT2D eigenvalue weighted by molar-refractivity contribution is -0.134. The van der Waals surface area contributed by atoms with Crippen molar-refractivity contribution in [1.82, 2.24) is 9.21 Å². The molecule has 0 radical (unpaired) electrons. The molecule has 28 heavy (non-hydrogen) atoms. The van der Waals surface area contributed by atoms with Crippen molar-refractivity contribution in [3.05, 3.63) is 59.1 Å². The molecule has 0 saturated carbocycles. The molecule has 8 heteroatoms. The second kappa shape index (κ2) is 8.94. The van der Waals surface area contributed by atoms with Crippen LogP contribution in [0, 0.1) is 0 Å². The molecule has 2 aromatic carbocycles. The third kappa shape index (κ3) is 4.84. The summed E-state index contributed by atoms with van der Waals surface area (Å²) in [5, 5.41) is 0.374. The number of hydrogen-bond acceptors (Lipinski definition) is 4. The summed E-state index contributed by atoms with van der Waals surface area (Å²) in [7, 11) is -3.62. The number of carbonyl (C=O) groups excluding carboxylic acids is 1. The molecule has 6 nitrogen and oxygen atoms in total. The molecule has 1 fully saturated rings. The van der Waals surface area contributed by atoms with Crippen LogP contribution in [0.3, 0.4) is 0 Å². The topological polar surface area (TPSA) is 66.9 Å². The molecule has 0 unspecified atom stereocenters. The largest absolute Gasteiger partial charge is 0.484 e. The van der Waals surface area contributed by atoms with Gasteiger partial charge in [0.05, 0.1) is 4.90 Å². The van der Waals surface area contributed by atoms with Crippen LogP contribution >= 0.6 is 11.6 Å². The minimum Gasteiger partial charge on any atom is -0.484 e. The predicted octanol–water partition coefficient (Wildman–Crippen LogP) is 2.81. The van der Waals surface area contributed by atoms with E-state index >= 15 is 0 Å². The SMILES string of the molecule is CCc1ccc(OCC(=O)N2CCN(S(=O)(=O)c3cccc(Cl)c3)CC2)cc1. The molecule has 0 aromatic heterocycles. The molecule has 2 aromatic rings. The lowest BCUT2D eigenvalue weighted by Gasteiger charge is -2.34. The number of sulfonamides is 1. The van der Waals surface area contributed by atoms with Crippen molar-refractivity contribution in [1.29, 1.82) is 0 Å². The third-order valence-corrected chi connectivity index (χ3v) is 6.85. The smallest absolute Gasteiger partial charge is 0.260 e. The zero-order chi connectivity index (χ0) is 20.1. The Morgan fingerprint density at radius 2 is 1.75 bits per heavy atom. The van der Waals surface area contributed by atoms with Crippen LogP contribution in [-0.2, 0) is 21.2 Å². The van der Waals surface area contributed by atoms with Crippen molar-refractivity contribution in [2.45, 2.75) is 18.2 Å². The molecule has 0 bridgehead atoms. The Morgan fingerprint density at radius 1 is 1.07 bits per heavy atom. The summed E-state index contributed by atoms with van der Waals surface area (Å²) in [5.74, 6) is 0.493. The maximum Gasteiger partial charge on any atom is 0.260 e. The van der Waals surface area contributed by atoms with E-state index < -0.39 is 10.0 Å². The Balaban J connectivity index is 1.53. The van der Waals surface area contributed by atoms with Crippen molar-refractivity contribution in [3.8, 4) is 5.75 Å². The summed E-state index contributed by atoms with van der Waals surface area (Å²) >= 11 is 5.91. The van der Waals surface area contributed by atoms with E-state index in [1.807, 2.05) is 24.3 Å². The standard InChI is InChI=1S/C20H23ClN2O4S/c1-2-16-6-8-18(9-7-16)27-15-20(24)22-10-12-23(13-11-22)28(25,26)19-5-3-4-17(21)14-19/h3-9,14H,2,10-13,15H2,1H3. The quantitative estimate of drug-likeness (QED) is 0.717. The number of hydrogen-bond donors (Lipinski definition) is 0. The highest BCUT2D eigenvalue weighted by atomic mass is 35.5. The van der Waals surface area contributed by atoms with Crippen molar-refractivity contribution in [2.75, 3.05) is 32.8 Å². The second-order valence-corrected chi connectivity index (χ2v) is 8.90. The molecule has 1 aliphatic rings. The predicted molar refractivity (Wildman–Crippen MR) is 108 cm³/mol. The van der Waals surface area contributed by atoms with Crippen LogP contribution in [0.15, 0.2) is 53.4 Å². The monoisotopic (exact) mass is 422 g/mol. The van der Waals surface area contributed by atoms with Crippen LogP contribution in [0.4, 0.5) is 0 Å². The molecule has 0 atom stereocenters. The Hall–Kier alpha value is -2.09. The molecule has 3 rings (SSSR count). The maximum atomic E-state index is 12.7. The number of rotatable bonds is 6. The van der Waals surface area contributed by atoms with Crippen LogP contribution in [0.1, 0.15) is 12.5 Å². The van der Waals surface area contributed by atoms with Gasteiger partial charge in [-0.3, -0.25) is 4.79 Å². The highest BCUT2D eigenvalue weighted by molar-refractivity contribution is 7.89. The van der Waals surface area contributed by atoms with Gasteiger partial charge in [0.1, 0.15) is 5.75 Å². The highest BCUT2D eigenvalue weighted by Crippen LogP contribution is 2.21. The van der Waals surface area contributed by atoms with E-state index in [0.29, 0.717) is 23.9 Å². The van der Waals surface area contributed by atoms with Gasteiger partial charge >= 0.3 is 0 Å². The van der Waals surface area contributed by atoms with Gasteiger partial charge in [-0.15, -0.1) is 0 Å². The fourth-order valence-corrected chi connectivity index (χ4v) is 4.74. The van der Waals surface area contributed by atoms with Crippen LogP contribution in [-0.4, -0.2) is 56.3 Å². The summed E-state index contributed by atoms with van der Waals surface area (Å²) in [5.41, 5.74) is 1.20. The lowest BCUT2D eigenvalue weighted by Crippen LogP contribution is -2.51. The fraction of sp³-hybridized carbons (Fsp3) is 0.350. The zero-order valence-electron chi connectivity index (χ0n) is 15.7. The van der Waals surface area contributed by atoms with Crippen LogP contribution in [0.2, 0.25) is 5.02 Å². The van der Waals surface area contributed by atoms with Gasteiger partial charge in [-0.2, -0.15) is 4.31 Å². The number of piperazine rings is 1. The van der Waals surface area contributed by atoms with E-state index in [1.54, 1.807) is 17.0 Å². The Kier molecular flexibility index (Phi) is 6.59. The summed E-state index contributed by atoms with van der Waals surface area (Å²) in [6, 6.07) is 13.8. The molecular formula is C20H23ClN2O4S. The van der Waals surface area contributed by atoms with Gasteiger partial charge in [0.2, 0.25) is 10.0 Å². The zero-order valence-corrected chi connectivity index (χ0v) is 17.2. The average molecular weight is 423 g/mol. The summed E-state index contributed by atoms with van der Waals surface area (Å²) in [6.45, 7) is 3.16. The Labute approximate surface area is 170 Å². The molecule has 0 spiro atoms. The lowest BCUT2D eigenvalue weighted by atomic mass is 10.2. The molecular weight excluding hydrogens is 400 g/mol. The highest BCUT2D eigenvalue weighted by Gasteiger charge is 2.30. The van der Waals surface area contributed by atoms with E-state index in [-0.39, 0.29) is 30.5 Å². The van der Waals surface area contributed by atoms with E-state index in [4.69, 9.17) is 16.3 Å². The van der Waals surface area contributed by atoms with Gasteiger partial charge in [-0.1, -0.05) is 36.7 Å². The molecule has 150 valence electrons. The van der Waals surface area contributed by atoms with Crippen molar-refractivity contribution in [3.63, 3.8) is 0 Å². The van der Waals surface area contributed by atoms with Gasteiger partial charge in [0, 0.05) is 31.2 Å². The number of nitrogens with zero attached hydrogens (tertiary/aromatic N) is 2. The summed E-state index contributed by atoms with van der Waals surface area (Å²) < 4.78 is 32.4. The minimum atomic E-state index is -3.62. The first-order valence-electron chi connectivity index (χ1n) is 9.15. The van der Waals surface area contributed by atoms with Gasteiger partial charge in [-0.25, -0.2) is 8.42 Å². The third-order valence-electron chi connectivity index (χ3n) is 4.72. The van der Waals surface area contributed by atoms with Crippen molar-refractivity contribution >= 4 is 27.5 Å². The first-order valence-corrected chi connectivity index (χ1v) is 11.0. The number of aryl methyl sites for hydroxylation is 1. The molecule has 0 N–H and O–H groups in total. The van der Waals surface area contributed by atoms with Gasteiger partial charge in [0.25, 0.3) is 5.91 Å². The second-order valence-electron chi connectivity index (χ2n) is 6.53. The number of benzene rings is 2. The molecule has 1 aliphatic heterocycles.